The molecule has 0 saturated carbocycles. The molecule has 0 aromatic rings. The number of hydrogen-bond donors (Lipinski definition) is 6. The molecule has 6 N–H and O–H groups in total. The Morgan fingerprint density at radius 3 is 1.09 bits per heavy atom. The molecule has 2 saturated heterocycles. The SMILES string of the molecule is CC(=O)N[C@H]1[C@@H](O[C@H]2[C@H](O[C@H](C)C(=O)[O-])[C@@H](NC(C)=O)[C@@H](OP(=O)([O-])OP(=O)([O-])OC/C=C(/C)CC/C=C(/C)CC/C=C(/C)CC/C=C(/C)CC/C=C(/C)CC/C=C(/C)CC/C=C(/C)CC/C=C(/C)CC/C=C(\C)CC/C=C(\C)CCC=C(C)C)O[C@@H]2CO)O[C@H](CO)[C@@H](O)[C@@H]1O. The molecule has 2 aliphatic rings. The van der Waals surface area contributed by atoms with Crippen LogP contribution in [-0.2, 0) is 55.8 Å². The van der Waals surface area contributed by atoms with Gasteiger partial charge in [-0.15, -0.1) is 0 Å². The molecule has 2 rings (SSSR count). The van der Waals surface area contributed by atoms with E-state index in [0.717, 1.165) is 142 Å². The minimum Gasteiger partial charge on any atom is -0.756 e. The molecule has 97 heavy (non-hydrogen) atoms. The van der Waals surface area contributed by atoms with Crippen LogP contribution in [0.4, 0.5) is 0 Å². The molecule has 0 aliphatic carbocycles. The lowest BCUT2D eigenvalue weighted by molar-refractivity contribution is -0.345. The number of carboxylic acid groups (broad SMARTS) is 1. The number of ether oxygens (including phenoxy) is 4. The molecule has 2 aliphatic heterocycles. The average Bonchev–Trinajstić information content (AvgIpc) is 0.773. The van der Waals surface area contributed by atoms with Crippen molar-refractivity contribution in [1.29, 1.82) is 0 Å². The Hall–Kier alpha value is -4.51. The fourth-order valence-corrected chi connectivity index (χ4v) is 13.0. The normalized spacial score (nSPS) is 24.8. The standard InChI is InChI=1S/C74H122N2O19P2/c1-50(2)26-16-27-51(3)28-17-29-52(4)30-18-31-53(5)32-19-33-54(6)34-20-35-55(7)36-21-37-56(8)38-22-39-57(9)40-23-41-58(10)42-24-43-59(11)44-25-45-60(12)46-47-89-96(85,86)95-97(87,88)94-74-67(76-63(15)80)71(90-61(13)72(83)84)70(65(49-78)92-74)93-73-66(75-62(14)79)69(82)68(81)64(48-77)91-73/h26,28,30,32,34,36,38,40,42,44,46,61,64-71,73-74,77-78,81-82H,16-25,27,29,31,33,35,37,39,41,43,45,47-49H2,1-15H3,(H,75,79)(H,76,80)(H,83,84)(H,85,86)(H,87,88)/p-3/b51-28+,52-30+,53-32-,54-34-,55-36-,56-38-,57-40-,58-42-,59-44-,60-46-/t61-,64-,65-,66-,67-,68-,69-,70-,71-,73-,74-/m1/s1. The quantitative estimate of drug-likeness (QED) is 0.0244. The molecule has 552 valence electrons. The Labute approximate surface area is 580 Å². The van der Waals surface area contributed by atoms with E-state index in [1.807, 2.05) is 0 Å². The van der Waals surface area contributed by atoms with E-state index in [2.05, 4.69) is 152 Å². The molecular formula is C74H119N2O19P2-3. The number of aliphatic hydroxyl groups is 4. The number of hydrogen-bond acceptors (Lipinski definition) is 19. The first kappa shape index (κ1) is 88.6. The molecule has 2 amide bonds. The Kier molecular flexibility index (Phi) is 43.4. The smallest absolute Gasteiger partial charge is 0.276 e. The summed E-state index contributed by atoms with van der Waals surface area (Å²) in [5, 5.41) is 58.2. The third-order valence-corrected chi connectivity index (χ3v) is 19.4. The van der Waals surface area contributed by atoms with Crippen molar-refractivity contribution in [2.75, 3.05) is 19.8 Å². The monoisotopic (exact) mass is 1400 g/mol. The topological polar surface area (TPSA) is 324 Å². The van der Waals surface area contributed by atoms with Gasteiger partial charge in [0.15, 0.2) is 12.6 Å². The van der Waals surface area contributed by atoms with Crippen molar-refractivity contribution in [1.82, 2.24) is 10.6 Å². The molecule has 2 unspecified atom stereocenters. The number of aliphatic carboxylic acids is 1. The van der Waals surface area contributed by atoms with Crippen molar-refractivity contribution >= 4 is 33.4 Å². The van der Waals surface area contributed by atoms with E-state index < -0.39 is 121 Å². The zero-order chi connectivity index (χ0) is 72.8. The summed E-state index contributed by atoms with van der Waals surface area (Å²) < 4.78 is 63.2. The van der Waals surface area contributed by atoms with Gasteiger partial charge in [0, 0.05) is 13.8 Å². The maximum atomic E-state index is 13.3. The van der Waals surface area contributed by atoms with Crippen LogP contribution in [0.2, 0.25) is 0 Å². The zero-order valence-electron chi connectivity index (χ0n) is 60.8. The maximum Gasteiger partial charge on any atom is 0.276 e. The Bertz CT molecular complexity index is 2900. The van der Waals surface area contributed by atoms with E-state index in [0.29, 0.717) is 12.8 Å². The van der Waals surface area contributed by atoms with Crippen molar-refractivity contribution in [2.45, 2.75) is 300 Å². The van der Waals surface area contributed by atoms with Gasteiger partial charge in [0.2, 0.25) is 11.8 Å². The lowest BCUT2D eigenvalue weighted by Gasteiger charge is -2.50. The van der Waals surface area contributed by atoms with Crippen LogP contribution >= 0.6 is 15.6 Å². The number of rotatable bonds is 46. The van der Waals surface area contributed by atoms with Crippen LogP contribution in [0.25, 0.3) is 0 Å². The maximum absolute atomic E-state index is 13.3. The van der Waals surface area contributed by atoms with Gasteiger partial charge in [-0.25, -0.2) is 4.31 Å². The highest BCUT2D eigenvalue weighted by Gasteiger charge is 2.54. The lowest BCUT2D eigenvalue weighted by atomic mass is 9.94. The van der Waals surface area contributed by atoms with E-state index in [1.54, 1.807) is 6.92 Å². The van der Waals surface area contributed by atoms with Gasteiger partial charge in [0.05, 0.1) is 31.9 Å². The molecule has 2 heterocycles. The predicted molar refractivity (Wildman–Crippen MR) is 376 cm³/mol. The first-order valence-corrected chi connectivity index (χ1v) is 37.4. The summed E-state index contributed by atoms with van der Waals surface area (Å²) in [6.45, 7) is 26.5. The van der Waals surface area contributed by atoms with Gasteiger partial charge in [0.25, 0.3) is 15.6 Å². The van der Waals surface area contributed by atoms with Gasteiger partial charge < -0.3 is 74.2 Å². The van der Waals surface area contributed by atoms with E-state index in [4.69, 9.17) is 28.0 Å². The summed E-state index contributed by atoms with van der Waals surface area (Å²) in [6.07, 6.45) is 28.8. The molecule has 0 bridgehead atoms. The molecular weight excluding hydrogens is 1280 g/mol. The van der Waals surface area contributed by atoms with Gasteiger partial charge in [0.1, 0.15) is 48.7 Å². The number of allylic oxidation sites excluding steroid dienone is 21. The second-order valence-electron chi connectivity index (χ2n) is 26.6. The Balaban J connectivity index is 1.80. The van der Waals surface area contributed by atoms with Gasteiger partial charge >= 0.3 is 0 Å². The van der Waals surface area contributed by atoms with Crippen LogP contribution in [0.5, 0.6) is 0 Å². The molecule has 23 heteroatoms. The van der Waals surface area contributed by atoms with Crippen LogP contribution in [-0.4, -0.2) is 125 Å². The number of aliphatic hydroxyl groups excluding tert-OH is 4. The Morgan fingerprint density at radius 2 is 0.773 bits per heavy atom. The average molecular weight is 1400 g/mol. The minimum atomic E-state index is -6.07. The van der Waals surface area contributed by atoms with E-state index in [-0.39, 0.29) is 0 Å². The van der Waals surface area contributed by atoms with Crippen molar-refractivity contribution in [3.05, 3.63) is 128 Å². The number of amides is 2. The summed E-state index contributed by atoms with van der Waals surface area (Å²) in [7, 11) is -11.8. The molecule has 0 aromatic heterocycles. The number of carbonyl (C=O) groups is 3. The van der Waals surface area contributed by atoms with E-state index >= 15 is 0 Å². The van der Waals surface area contributed by atoms with Crippen LogP contribution < -0.4 is 25.5 Å². The first-order chi connectivity index (χ1) is 45.6. The van der Waals surface area contributed by atoms with Gasteiger partial charge in [-0.1, -0.05) is 128 Å². The molecule has 0 spiro atoms. The Morgan fingerprint density at radius 1 is 0.454 bits per heavy atom. The van der Waals surface area contributed by atoms with E-state index in [9.17, 15) is 58.8 Å². The number of nitrogens with one attached hydrogen (secondary N) is 2. The van der Waals surface area contributed by atoms with Gasteiger partial charge in [-0.3, -0.25) is 23.2 Å². The van der Waals surface area contributed by atoms with Crippen molar-refractivity contribution < 1.29 is 91.1 Å². The zero-order valence-corrected chi connectivity index (χ0v) is 62.6. The van der Waals surface area contributed by atoms with Crippen LogP contribution in [0, 0.1) is 0 Å². The first-order valence-electron chi connectivity index (χ1n) is 34.5. The van der Waals surface area contributed by atoms with Crippen molar-refractivity contribution in [3.8, 4) is 0 Å². The summed E-state index contributed by atoms with van der Waals surface area (Å²) >= 11 is 0. The second-order valence-corrected chi connectivity index (χ2v) is 29.5. The highest BCUT2D eigenvalue weighted by atomic mass is 31.3. The third kappa shape index (κ3) is 38.8. The lowest BCUT2D eigenvalue weighted by Crippen LogP contribution is -2.70. The highest BCUT2D eigenvalue weighted by molar-refractivity contribution is 7.59. The summed E-state index contributed by atoms with van der Waals surface area (Å²) in [5.41, 5.74) is 14.9. The van der Waals surface area contributed by atoms with Crippen LogP contribution in [0.3, 0.4) is 0 Å². The fourth-order valence-electron chi connectivity index (χ4n) is 11.0. The fraction of sp³-hybridized carbons (Fsp3) is 0.662. The number of carboxylic acids is 1. The van der Waals surface area contributed by atoms with Gasteiger partial charge in [-0.2, -0.15) is 0 Å². The summed E-state index contributed by atoms with van der Waals surface area (Å²) in [6, 6.07) is -3.50. The van der Waals surface area contributed by atoms with E-state index in [1.165, 1.54) is 61.8 Å². The summed E-state index contributed by atoms with van der Waals surface area (Å²) in [4.78, 5) is 62.7. The van der Waals surface area contributed by atoms with Crippen molar-refractivity contribution in [3.63, 3.8) is 0 Å². The van der Waals surface area contributed by atoms with Crippen LogP contribution in [0.15, 0.2) is 128 Å². The molecule has 0 aromatic carbocycles. The molecule has 21 nitrogen and oxygen atoms in total. The molecule has 0 radical (unpaired) electrons. The van der Waals surface area contributed by atoms with Crippen LogP contribution in [0.1, 0.15) is 232 Å². The van der Waals surface area contributed by atoms with Gasteiger partial charge in [-0.05, 0) is 218 Å². The molecule has 13 atom stereocenters. The predicted octanol–water partition coefficient (Wildman–Crippen LogP) is 12.3. The largest absolute Gasteiger partial charge is 0.756 e. The second kappa shape index (κ2) is 47.6. The molecule has 2 fully saturated rings. The third-order valence-electron chi connectivity index (χ3n) is 16.9. The minimum absolute atomic E-state index is 0.541. The number of phosphoric acid groups is 2. The van der Waals surface area contributed by atoms with Crippen molar-refractivity contribution in [2.24, 2.45) is 0 Å². The number of phosphoric ester groups is 2. The highest BCUT2D eigenvalue weighted by Crippen LogP contribution is 2.57. The summed E-state index contributed by atoms with van der Waals surface area (Å²) in [5.74, 6) is -3.46. The number of carbonyl (C=O) groups excluding carboxylic acids is 3.